The van der Waals surface area contributed by atoms with Crippen LogP contribution in [0.15, 0.2) is 42.6 Å². The van der Waals surface area contributed by atoms with Gasteiger partial charge in [-0.05, 0) is 29.2 Å². The quantitative estimate of drug-likeness (QED) is 0.872. The van der Waals surface area contributed by atoms with Crippen molar-refractivity contribution < 1.29 is 9.90 Å². The van der Waals surface area contributed by atoms with E-state index in [1.54, 1.807) is 12.1 Å². The molecule has 0 unspecified atom stereocenters. The molecule has 1 aromatic heterocycles. The van der Waals surface area contributed by atoms with Crippen molar-refractivity contribution >= 4 is 11.8 Å². The minimum atomic E-state index is -0.965. The summed E-state index contributed by atoms with van der Waals surface area (Å²) in [5, 5.41) is 12.0. The summed E-state index contributed by atoms with van der Waals surface area (Å²) in [5.41, 5.74) is 2.67. The average molecular weight is 270 g/mol. The van der Waals surface area contributed by atoms with Gasteiger partial charge in [-0.3, -0.25) is 0 Å². The second-order valence-corrected chi connectivity index (χ2v) is 4.99. The zero-order valence-corrected chi connectivity index (χ0v) is 11.6. The number of hydrogen-bond acceptors (Lipinski definition) is 3. The van der Waals surface area contributed by atoms with E-state index in [-0.39, 0.29) is 5.56 Å². The molecule has 0 radical (unpaired) electrons. The molecule has 0 spiro atoms. The van der Waals surface area contributed by atoms with E-state index >= 15 is 0 Å². The van der Waals surface area contributed by atoms with Crippen LogP contribution in [0.2, 0.25) is 0 Å². The Morgan fingerprint density at radius 3 is 2.40 bits per heavy atom. The molecule has 20 heavy (non-hydrogen) atoms. The molecule has 0 saturated carbocycles. The van der Waals surface area contributed by atoms with Crippen LogP contribution in [0.5, 0.6) is 0 Å². The summed E-state index contributed by atoms with van der Waals surface area (Å²) in [7, 11) is 0. The SMILES string of the molecule is CC(C)c1ccc(CNc2ccc(C(=O)O)cn2)cc1. The number of aromatic nitrogens is 1. The van der Waals surface area contributed by atoms with Crippen molar-refractivity contribution in [1.82, 2.24) is 4.98 Å². The maximum atomic E-state index is 10.7. The van der Waals surface area contributed by atoms with Crippen molar-refractivity contribution in [2.45, 2.75) is 26.3 Å². The van der Waals surface area contributed by atoms with Crippen molar-refractivity contribution in [3.63, 3.8) is 0 Å². The lowest BCUT2D eigenvalue weighted by molar-refractivity contribution is 0.0696. The van der Waals surface area contributed by atoms with Crippen LogP contribution in [0, 0.1) is 0 Å². The minimum Gasteiger partial charge on any atom is -0.478 e. The second-order valence-electron chi connectivity index (χ2n) is 4.99. The Kier molecular flexibility index (Phi) is 4.35. The zero-order chi connectivity index (χ0) is 14.5. The van der Waals surface area contributed by atoms with E-state index in [9.17, 15) is 4.79 Å². The Labute approximate surface area is 118 Å². The highest BCUT2D eigenvalue weighted by atomic mass is 16.4. The number of anilines is 1. The van der Waals surface area contributed by atoms with Crippen LogP contribution in [0.1, 0.15) is 41.3 Å². The Morgan fingerprint density at radius 1 is 1.20 bits per heavy atom. The summed E-state index contributed by atoms with van der Waals surface area (Å²) in [6, 6.07) is 11.7. The highest BCUT2D eigenvalue weighted by molar-refractivity contribution is 5.87. The van der Waals surface area contributed by atoms with E-state index in [0.717, 1.165) is 0 Å². The van der Waals surface area contributed by atoms with Crippen LogP contribution in [-0.2, 0) is 6.54 Å². The average Bonchev–Trinajstić information content (AvgIpc) is 2.46. The molecule has 2 rings (SSSR count). The van der Waals surface area contributed by atoms with Gasteiger partial charge in [-0.25, -0.2) is 9.78 Å². The Hall–Kier alpha value is -2.36. The van der Waals surface area contributed by atoms with Gasteiger partial charge in [0.2, 0.25) is 0 Å². The lowest BCUT2D eigenvalue weighted by Gasteiger charge is -2.08. The number of benzene rings is 1. The number of aromatic carboxylic acids is 1. The molecule has 104 valence electrons. The van der Waals surface area contributed by atoms with Crippen LogP contribution in [0.3, 0.4) is 0 Å². The topological polar surface area (TPSA) is 62.2 Å². The number of carboxylic acid groups (broad SMARTS) is 1. The van der Waals surface area contributed by atoms with Gasteiger partial charge in [0.25, 0.3) is 0 Å². The lowest BCUT2D eigenvalue weighted by atomic mass is 10.0. The molecule has 4 nitrogen and oxygen atoms in total. The fraction of sp³-hybridized carbons (Fsp3) is 0.250. The second kappa shape index (κ2) is 6.19. The predicted molar refractivity (Wildman–Crippen MR) is 79.1 cm³/mol. The molecule has 0 aliphatic rings. The lowest BCUT2D eigenvalue weighted by Crippen LogP contribution is -2.03. The number of carboxylic acids is 1. The third-order valence-corrected chi connectivity index (χ3v) is 3.13. The molecule has 0 aliphatic carbocycles. The third-order valence-electron chi connectivity index (χ3n) is 3.13. The zero-order valence-electron chi connectivity index (χ0n) is 11.6. The van der Waals surface area contributed by atoms with E-state index < -0.39 is 5.97 Å². The first-order chi connectivity index (χ1) is 9.56. The van der Waals surface area contributed by atoms with Crippen LogP contribution in [0.25, 0.3) is 0 Å². The van der Waals surface area contributed by atoms with E-state index in [0.29, 0.717) is 18.3 Å². The first kappa shape index (κ1) is 14.1. The number of carbonyl (C=O) groups is 1. The van der Waals surface area contributed by atoms with Crippen LogP contribution >= 0.6 is 0 Å². The largest absolute Gasteiger partial charge is 0.478 e. The maximum absolute atomic E-state index is 10.7. The van der Waals surface area contributed by atoms with E-state index in [4.69, 9.17) is 5.11 Å². The van der Waals surface area contributed by atoms with Crippen LogP contribution in [-0.4, -0.2) is 16.1 Å². The number of hydrogen-bond donors (Lipinski definition) is 2. The minimum absolute atomic E-state index is 0.192. The highest BCUT2D eigenvalue weighted by Crippen LogP contribution is 2.15. The Bertz CT molecular complexity index is 574. The summed E-state index contributed by atoms with van der Waals surface area (Å²) in [6.45, 7) is 5.00. The Morgan fingerprint density at radius 2 is 1.90 bits per heavy atom. The molecule has 4 heteroatoms. The van der Waals surface area contributed by atoms with E-state index in [2.05, 4.69) is 48.4 Å². The number of nitrogens with one attached hydrogen (secondary N) is 1. The molecule has 0 fully saturated rings. The Balaban J connectivity index is 1.96. The molecule has 0 saturated heterocycles. The van der Waals surface area contributed by atoms with Crippen molar-refractivity contribution in [1.29, 1.82) is 0 Å². The third kappa shape index (κ3) is 3.57. The van der Waals surface area contributed by atoms with Gasteiger partial charge in [0, 0.05) is 12.7 Å². The number of nitrogens with zero attached hydrogens (tertiary/aromatic N) is 1. The van der Waals surface area contributed by atoms with E-state index in [1.165, 1.54) is 17.3 Å². The van der Waals surface area contributed by atoms with E-state index in [1.807, 2.05) is 0 Å². The summed E-state index contributed by atoms with van der Waals surface area (Å²) >= 11 is 0. The molecule has 1 heterocycles. The van der Waals surface area contributed by atoms with Gasteiger partial charge in [-0.2, -0.15) is 0 Å². The number of pyridine rings is 1. The summed E-state index contributed by atoms with van der Waals surface area (Å²) < 4.78 is 0. The van der Waals surface area contributed by atoms with Gasteiger partial charge in [0.15, 0.2) is 0 Å². The van der Waals surface area contributed by atoms with Gasteiger partial charge in [-0.1, -0.05) is 38.1 Å². The van der Waals surface area contributed by atoms with Gasteiger partial charge in [0.05, 0.1) is 5.56 Å². The van der Waals surface area contributed by atoms with Gasteiger partial charge >= 0.3 is 5.97 Å². The van der Waals surface area contributed by atoms with Gasteiger partial charge < -0.3 is 10.4 Å². The molecule has 2 aromatic rings. The smallest absolute Gasteiger partial charge is 0.337 e. The molecular weight excluding hydrogens is 252 g/mol. The maximum Gasteiger partial charge on any atom is 0.337 e. The summed E-state index contributed by atoms with van der Waals surface area (Å²) in [4.78, 5) is 14.8. The molecule has 0 atom stereocenters. The molecule has 0 bridgehead atoms. The van der Waals surface area contributed by atoms with Crippen molar-refractivity contribution in [2.24, 2.45) is 0 Å². The summed E-state index contributed by atoms with van der Waals surface area (Å²) in [5.74, 6) is 0.235. The first-order valence-electron chi connectivity index (χ1n) is 6.58. The fourth-order valence-corrected chi connectivity index (χ4v) is 1.84. The molecular formula is C16H18N2O2. The first-order valence-corrected chi connectivity index (χ1v) is 6.58. The van der Waals surface area contributed by atoms with Gasteiger partial charge in [-0.15, -0.1) is 0 Å². The molecule has 2 N–H and O–H groups in total. The molecule has 0 aliphatic heterocycles. The van der Waals surface area contributed by atoms with Crippen molar-refractivity contribution in [2.75, 3.05) is 5.32 Å². The number of rotatable bonds is 5. The standard InChI is InChI=1S/C16H18N2O2/c1-11(2)13-5-3-12(4-6-13)9-17-15-8-7-14(10-18-15)16(19)20/h3-8,10-11H,9H2,1-2H3,(H,17,18)(H,19,20). The summed E-state index contributed by atoms with van der Waals surface area (Å²) in [6.07, 6.45) is 1.35. The van der Waals surface area contributed by atoms with Crippen molar-refractivity contribution in [3.05, 3.63) is 59.3 Å². The van der Waals surface area contributed by atoms with Crippen LogP contribution < -0.4 is 5.32 Å². The van der Waals surface area contributed by atoms with Crippen molar-refractivity contribution in [3.8, 4) is 0 Å². The predicted octanol–water partition coefficient (Wildman–Crippen LogP) is 3.52. The normalized spacial score (nSPS) is 10.6. The van der Waals surface area contributed by atoms with Gasteiger partial charge in [0.1, 0.15) is 5.82 Å². The van der Waals surface area contributed by atoms with Crippen LogP contribution in [0.4, 0.5) is 5.82 Å². The highest BCUT2D eigenvalue weighted by Gasteiger charge is 2.03. The fourth-order valence-electron chi connectivity index (χ4n) is 1.84. The molecule has 0 amide bonds. The monoisotopic (exact) mass is 270 g/mol. The molecule has 1 aromatic carbocycles.